The zero-order chi connectivity index (χ0) is 14.9. The van der Waals surface area contributed by atoms with E-state index in [0.29, 0.717) is 17.9 Å². The van der Waals surface area contributed by atoms with Crippen molar-refractivity contribution in [2.45, 2.75) is 51.1 Å². The van der Waals surface area contributed by atoms with Crippen LogP contribution in [0.4, 0.5) is 0 Å². The average molecular weight is 298 g/mol. The van der Waals surface area contributed by atoms with Crippen LogP contribution in [-0.2, 0) is 17.8 Å². The highest BCUT2D eigenvalue weighted by molar-refractivity contribution is 5.81. The summed E-state index contributed by atoms with van der Waals surface area (Å²) >= 11 is 0. The zero-order valence-electron chi connectivity index (χ0n) is 13.3. The molecule has 4 rings (SSSR count). The van der Waals surface area contributed by atoms with E-state index in [-0.39, 0.29) is 0 Å². The summed E-state index contributed by atoms with van der Waals surface area (Å²) in [5, 5.41) is 0. The summed E-state index contributed by atoms with van der Waals surface area (Å²) < 4.78 is 0. The predicted molar refractivity (Wildman–Crippen MR) is 87.5 cm³/mol. The van der Waals surface area contributed by atoms with Gasteiger partial charge < -0.3 is 9.80 Å². The number of amides is 1. The summed E-state index contributed by atoms with van der Waals surface area (Å²) in [6.07, 6.45) is 7.25. The first kappa shape index (κ1) is 14.3. The number of carbonyl (C=O) groups is 1. The van der Waals surface area contributed by atoms with Crippen molar-refractivity contribution in [1.82, 2.24) is 9.80 Å². The second-order valence-electron chi connectivity index (χ2n) is 7.23. The molecule has 1 aliphatic carbocycles. The number of nitrogens with zero attached hydrogens (tertiary/aromatic N) is 2. The Morgan fingerprint density at radius 1 is 1.05 bits per heavy atom. The Balaban J connectivity index is 1.53. The van der Waals surface area contributed by atoms with Crippen molar-refractivity contribution in [2.75, 3.05) is 19.6 Å². The number of piperidine rings is 1. The summed E-state index contributed by atoms with van der Waals surface area (Å²) in [5.74, 6) is 0.741. The fourth-order valence-electron chi connectivity index (χ4n) is 4.01. The van der Waals surface area contributed by atoms with E-state index in [2.05, 4.69) is 34.1 Å². The molecular weight excluding hydrogens is 272 g/mol. The van der Waals surface area contributed by atoms with E-state index in [1.807, 2.05) is 0 Å². The van der Waals surface area contributed by atoms with Gasteiger partial charge in [-0.15, -0.1) is 0 Å². The normalized spacial score (nSPS) is 25.8. The van der Waals surface area contributed by atoms with Crippen molar-refractivity contribution in [2.24, 2.45) is 5.92 Å². The topological polar surface area (TPSA) is 23.6 Å². The fourth-order valence-corrected chi connectivity index (χ4v) is 4.01. The average Bonchev–Trinajstić information content (AvgIpc) is 3.39. The van der Waals surface area contributed by atoms with Crippen LogP contribution in [0.2, 0.25) is 0 Å². The molecule has 2 aliphatic heterocycles. The van der Waals surface area contributed by atoms with Gasteiger partial charge in [0.15, 0.2) is 0 Å². The summed E-state index contributed by atoms with van der Waals surface area (Å²) in [6.45, 7) is 4.31. The number of fused-ring (bicyclic) bond motifs is 1. The van der Waals surface area contributed by atoms with Gasteiger partial charge in [0.05, 0.1) is 0 Å². The molecule has 2 fully saturated rings. The molecule has 1 amide bonds. The van der Waals surface area contributed by atoms with E-state index >= 15 is 0 Å². The van der Waals surface area contributed by atoms with Crippen LogP contribution >= 0.6 is 0 Å². The quantitative estimate of drug-likeness (QED) is 0.856. The van der Waals surface area contributed by atoms with Crippen molar-refractivity contribution in [3.63, 3.8) is 0 Å². The zero-order valence-corrected chi connectivity index (χ0v) is 13.3. The number of hydrogen-bond acceptors (Lipinski definition) is 2. The van der Waals surface area contributed by atoms with Crippen molar-refractivity contribution in [3.8, 4) is 0 Å². The molecule has 1 atom stereocenters. The SMILES string of the molecule is O=C(C1CC1)N1Cc2ccccc2C[C@H]1CN1CCCCC1. The van der Waals surface area contributed by atoms with Crippen LogP contribution in [0.15, 0.2) is 24.3 Å². The lowest BCUT2D eigenvalue weighted by molar-refractivity contribution is -0.136. The molecule has 22 heavy (non-hydrogen) atoms. The van der Waals surface area contributed by atoms with Crippen LogP contribution in [0.5, 0.6) is 0 Å². The van der Waals surface area contributed by atoms with Crippen LogP contribution in [0.3, 0.4) is 0 Å². The number of benzene rings is 1. The molecule has 2 heterocycles. The Hall–Kier alpha value is -1.35. The molecule has 0 radical (unpaired) electrons. The molecule has 118 valence electrons. The third-order valence-corrected chi connectivity index (χ3v) is 5.48. The van der Waals surface area contributed by atoms with Gasteiger partial charge >= 0.3 is 0 Å². The van der Waals surface area contributed by atoms with Crippen molar-refractivity contribution >= 4 is 5.91 Å². The maximum Gasteiger partial charge on any atom is 0.226 e. The third-order valence-electron chi connectivity index (χ3n) is 5.48. The highest BCUT2D eigenvalue weighted by Gasteiger charge is 2.38. The maximum absolute atomic E-state index is 12.7. The maximum atomic E-state index is 12.7. The van der Waals surface area contributed by atoms with Crippen LogP contribution in [0.25, 0.3) is 0 Å². The molecule has 1 saturated heterocycles. The largest absolute Gasteiger partial charge is 0.334 e. The first-order chi connectivity index (χ1) is 10.8. The monoisotopic (exact) mass is 298 g/mol. The standard InChI is InChI=1S/C19H26N2O/c22-19(15-8-9-15)21-13-17-7-3-2-6-16(17)12-18(21)14-20-10-4-1-5-11-20/h2-3,6-7,15,18H,1,4-5,8-14H2/t18-/m0/s1. The number of hydrogen-bond donors (Lipinski definition) is 0. The molecule has 0 unspecified atom stereocenters. The van der Waals surface area contributed by atoms with Gasteiger partial charge in [0, 0.05) is 25.0 Å². The van der Waals surface area contributed by atoms with Crippen molar-refractivity contribution in [1.29, 1.82) is 0 Å². The Morgan fingerprint density at radius 2 is 1.77 bits per heavy atom. The minimum atomic E-state index is 0.328. The molecule has 1 aromatic rings. The van der Waals surface area contributed by atoms with E-state index < -0.39 is 0 Å². The lowest BCUT2D eigenvalue weighted by Gasteiger charge is -2.40. The number of carbonyl (C=O) groups excluding carboxylic acids is 1. The van der Waals surface area contributed by atoms with Crippen molar-refractivity contribution < 1.29 is 4.79 Å². The molecular formula is C19H26N2O. The Morgan fingerprint density at radius 3 is 2.50 bits per heavy atom. The molecule has 0 bridgehead atoms. The summed E-state index contributed by atoms with van der Waals surface area (Å²) in [6, 6.07) is 9.05. The van der Waals surface area contributed by atoms with Gasteiger partial charge in [-0.3, -0.25) is 4.79 Å². The number of likely N-dealkylation sites (tertiary alicyclic amines) is 1. The van der Waals surface area contributed by atoms with Gasteiger partial charge in [-0.05, 0) is 56.3 Å². The lowest BCUT2D eigenvalue weighted by Crippen LogP contribution is -2.51. The van der Waals surface area contributed by atoms with Crippen LogP contribution < -0.4 is 0 Å². The summed E-state index contributed by atoms with van der Waals surface area (Å²) in [5.41, 5.74) is 2.80. The van der Waals surface area contributed by atoms with Gasteiger partial charge in [0.2, 0.25) is 5.91 Å². The molecule has 0 aromatic heterocycles. The number of rotatable bonds is 3. The van der Waals surface area contributed by atoms with E-state index in [0.717, 1.165) is 32.4 Å². The minimum Gasteiger partial charge on any atom is -0.334 e. The van der Waals surface area contributed by atoms with Gasteiger partial charge in [0.1, 0.15) is 0 Å². The first-order valence-electron chi connectivity index (χ1n) is 8.91. The summed E-state index contributed by atoms with van der Waals surface area (Å²) in [7, 11) is 0. The lowest BCUT2D eigenvalue weighted by atomic mass is 9.92. The second-order valence-corrected chi connectivity index (χ2v) is 7.23. The molecule has 3 heteroatoms. The van der Waals surface area contributed by atoms with Gasteiger partial charge in [0.25, 0.3) is 0 Å². The smallest absolute Gasteiger partial charge is 0.226 e. The van der Waals surface area contributed by atoms with Crippen LogP contribution in [0, 0.1) is 5.92 Å². The van der Waals surface area contributed by atoms with E-state index in [1.165, 1.54) is 43.5 Å². The first-order valence-corrected chi connectivity index (χ1v) is 8.91. The Labute approximate surface area is 133 Å². The molecule has 0 N–H and O–H groups in total. The van der Waals surface area contributed by atoms with Crippen LogP contribution in [0.1, 0.15) is 43.2 Å². The van der Waals surface area contributed by atoms with Crippen molar-refractivity contribution in [3.05, 3.63) is 35.4 Å². The Kier molecular flexibility index (Phi) is 3.91. The molecule has 3 nitrogen and oxygen atoms in total. The Bertz CT molecular complexity index is 546. The second kappa shape index (κ2) is 6.04. The van der Waals surface area contributed by atoms with Crippen LogP contribution in [-0.4, -0.2) is 41.4 Å². The fraction of sp³-hybridized carbons (Fsp3) is 0.632. The highest BCUT2D eigenvalue weighted by Crippen LogP contribution is 2.34. The molecule has 0 spiro atoms. The van der Waals surface area contributed by atoms with Gasteiger partial charge in [-0.25, -0.2) is 0 Å². The highest BCUT2D eigenvalue weighted by atomic mass is 16.2. The molecule has 1 saturated carbocycles. The predicted octanol–water partition coefficient (Wildman–Crippen LogP) is 2.84. The molecule has 3 aliphatic rings. The van der Waals surface area contributed by atoms with E-state index in [9.17, 15) is 4.79 Å². The third kappa shape index (κ3) is 2.91. The van der Waals surface area contributed by atoms with Gasteiger partial charge in [-0.1, -0.05) is 30.7 Å². The van der Waals surface area contributed by atoms with E-state index in [1.54, 1.807) is 0 Å². The molecule has 1 aromatic carbocycles. The van der Waals surface area contributed by atoms with E-state index in [4.69, 9.17) is 0 Å². The summed E-state index contributed by atoms with van der Waals surface area (Å²) in [4.78, 5) is 17.5. The minimum absolute atomic E-state index is 0.328. The van der Waals surface area contributed by atoms with Gasteiger partial charge in [-0.2, -0.15) is 0 Å².